The van der Waals surface area contributed by atoms with Crippen LogP contribution in [-0.4, -0.2) is 52.5 Å². The predicted molar refractivity (Wildman–Crippen MR) is 88.7 cm³/mol. The van der Waals surface area contributed by atoms with Crippen LogP contribution < -0.4 is 0 Å². The Labute approximate surface area is 137 Å². The lowest BCUT2D eigenvalue weighted by atomic mass is 10.1. The van der Waals surface area contributed by atoms with E-state index < -0.39 is 0 Å². The van der Waals surface area contributed by atoms with E-state index in [0.29, 0.717) is 24.8 Å². The highest BCUT2D eigenvalue weighted by Crippen LogP contribution is 2.16. The smallest absolute Gasteiger partial charge is 0.241 e. The summed E-state index contributed by atoms with van der Waals surface area (Å²) in [5.41, 5.74) is 2.11. The Morgan fingerprint density at radius 2 is 1.83 bits per heavy atom. The molecule has 2 rings (SSSR count). The van der Waals surface area contributed by atoms with E-state index in [1.165, 1.54) is 5.56 Å². The van der Waals surface area contributed by atoms with Crippen molar-refractivity contribution in [3.63, 3.8) is 0 Å². The minimum atomic E-state index is 0.107. The molecule has 1 aromatic carbocycles. The third kappa shape index (κ3) is 4.63. The van der Waals surface area contributed by atoms with Crippen molar-refractivity contribution in [2.75, 3.05) is 26.7 Å². The lowest BCUT2D eigenvalue weighted by Gasteiger charge is -2.22. The van der Waals surface area contributed by atoms with Crippen LogP contribution in [0.1, 0.15) is 25.3 Å². The van der Waals surface area contributed by atoms with Crippen molar-refractivity contribution in [3.05, 3.63) is 35.7 Å². The Bertz CT molecular complexity index is 632. The van der Waals surface area contributed by atoms with Crippen LogP contribution in [0, 0.1) is 6.92 Å². The van der Waals surface area contributed by atoms with Crippen molar-refractivity contribution in [3.8, 4) is 11.4 Å². The second kappa shape index (κ2) is 7.87. The number of hydrogen-bond acceptors (Lipinski definition) is 5. The molecule has 1 aromatic heterocycles. The van der Waals surface area contributed by atoms with Crippen molar-refractivity contribution < 1.29 is 9.32 Å². The van der Waals surface area contributed by atoms with Gasteiger partial charge in [0.25, 0.3) is 0 Å². The molecule has 0 unspecified atom stereocenters. The number of benzene rings is 1. The molecule has 0 radical (unpaired) electrons. The van der Waals surface area contributed by atoms with E-state index in [-0.39, 0.29) is 5.91 Å². The second-order valence-corrected chi connectivity index (χ2v) is 5.62. The van der Waals surface area contributed by atoms with E-state index in [4.69, 9.17) is 4.52 Å². The lowest BCUT2D eigenvalue weighted by molar-refractivity contribution is -0.131. The van der Waals surface area contributed by atoms with Gasteiger partial charge in [-0.1, -0.05) is 35.0 Å². The molecule has 0 spiro atoms. The minimum Gasteiger partial charge on any atom is -0.342 e. The summed E-state index contributed by atoms with van der Waals surface area (Å²) in [5, 5.41) is 4.01. The van der Waals surface area contributed by atoms with Crippen LogP contribution in [-0.2, 0) is 11.3 Å². The molecule has 0 saturated heterocycles. The number of aryl methyl sites for hydroxylation is 1. The van der Waals surface area contributed by atoms with Gasteiger partial charge in [0.05, 0.1) is 13.1 Å². The minimum absolute atomic E-state index is 0.107. The van der Waals surface area contributed by atoms with Crippen molar-refractivity contribution in [1.82, 2.24) is 19.9 Å². The first kappa shape index (κ1) is 17.1. The average molecular weight is 316 g/mol. The maximum absolute atomic E-state index is 12.1. The summed E-state index contributed by atoms with van der Waals surface area (Å²) >= 11 is 0. The molecule has 0 bridgehead atoms. The van der Waals surface area contributed by atoms with Gasteiger partial charge in [-0.25, -0.2) is 0 Å². The van der Waals surface area contributed by atoms with Gasteiger partial charge in [-0.3, -0.25) is 9.69 Å². The molecule has 0 saturated carbocycles. The first-order valence-corrected chi connectivity index (χ1v) is 7.89. The number of likely N-dealkylation sites (N-methyl/N-ethyl adjacent to an activating group) is 2. The van der Waals surface area contributed by atoms with Crippen molar-refractivity contribution >= 4 is 5.91 Å². The first-order chi connectivity index (χ1) is 11.0. The van der Waals surface area contributed by atoms with E-state index in [1.54, 1.807) is 0 Å². The monoisotopic (exact) mass is 316 g/mol. The van der Waals surface area contributed by atoms with Gasteiger partial charge < -0.3 is 9.42 Å². The van der Waals surface area contributed by atoms with Gasteiger partial charge in [0.15, 0.2) is 0 Å². The summed E-state index contributed by atoms with van der Waals surface area (Å²) in [5.74, 6) is 1.19. The predicted octanol–water partition coefficient (Wildman–Crippen LogP) is 2.35. The van der Waals surface area contributed by atoms with Crippen LogP contribution in [0.5, 0.6) is 0 Å². The molecule has 23 heavy (non-hydrogen) atoms. The van der Waals surface area contributed by atoms with Gasteiger partial charge in [-0.2, -0.15) is 4.98 Å². The highest BCUT2D eigenvalue weighted by molar-refractivity contribution is 5.78. The van der Waals surface area contributed by atoms with E-state index in [2.05, 4.69) is 10.1 Å². The molecule has 6 nitrogen and oxygen atoms in total. The number of carbonyl (C=O) groups is 1. The van der Waals surface area contributed by atoms with Gasteiger partial charge in [0, 0.05) is 18.7 Å². The Balaban J connectivity index is 1.96. The fourth-order valence-electron chi connectivity index (χ4n) is 2.33. The van der Waals surface area contributed by atoms with Crippen LogP contribution in [0.4, 0.5) is 0 Å². The summed E-state index contributed by atoms with van der Waals surface area (Å²) in [4.78, 5) is 20.2. The molecule has 2 aromatic rings. The first-order valence-electron chi connectivity index (χ1n) is 7.89. The van der Waals surface area contributed by atoms with E-state index in [1.807, 2.05) is 61.9 Å². The Morgan fingerprint density at radius 3 is 2.43 bits per heavy atom. The highest BCUT2D eigenvalue weighted by atomic mass is 16.5. The Hall–Kier alpha value is -2.21. The summed E-state index contributed by atoms with van der Waals surface area (Å²) in [6.07, 6.45) is 0. The zero-order chi connectivity index (χ0) is 16.8. The number of rotatable bonds is 7. The van der Waals surface area contributed by atoms with Gasteiger partial charge in [-0.15, -0.1) is 0 Å². The van der Waals surface area contributed by atoms with Crippen molar-refractivity contribution in [2.24, 2.45) is 0 Å². The maximum atomic E-state index is 12.1. The molecule has 1 amide bonds. The molecular formula is C17H24N4O2. The van der Waals surface area contributed by atoms with Crippen LogP contribution in [0.15, 0.2) is 28.8 Å². The number of hydrogen-bond donors (Lipinski definition) is 0. The normalized spacial score (nSPS) is 11.0. The summed E-state index contributed by atoms with van der Waals surface area (Å²) < 4.78 is 5.29. The van der Waals surface area contributed by atoms with E-state index in [0.717, 1.165) is 18.7 Å². The van der Waals surface area contributed by atoms with Gasteiger partial charge in [0.2, 0.25) is 17.6 Å². The summed E-state index contributed by atoms with van der Waals surface area (Å²) in [6.45, 7) is 8.23. The molecular weight excluding hydrogens is 292 g/mol. The molecule has 0 aliphatic carbocycles. The fraction of sp³-hybridized carbons (Fsp3) is 0.471. The zero-order valence-electron chi connectivity index (χ0n) is 14.2. The quantitative estimate of drug-likeness (QED) is 0.784. The molecule has 6 heteroatoms. The second-order valence-electron chi connectivity index (χ2n) is 5.62. The van der Waals surface area contributed by atoms with Crippen LogP contribution in [0.2, 0.25) is 0 Å². The lowest BCUT2D eigenvalue weighted by Crippen LogP contribution is -2.38. The maximum Gasteiger partial charge on any atom is 0.241 e. The number of nitrogens with zero attached hydrogens (tertiary/aromatic N) is 4. The number of aromatic nitrogens is 2. The molecule has 0 atom stereocenters. The zero-order valence-corrected chi connectivity index (χ0v) is 14.2. The van der Waals surface area contributed by atoms with Gasteiger partial charge in [-0.05, 0) is 27.8 Å². The number of carbonyl (C=O) groups excluding carboxylic acids is 1. The summed E-state index contributed by atoms with van der Waals surface area (Å²) in [6, 6.07) is 7.97. The molecule has 1 heterocycles. The Morgan fingerprint density at radius 1 is 1.17 bits per heavy atom. The molecule has 124 valence electrons. The van der Waals surface area contributed by atoms with Crippen LogP contribution in [0.25, 0.3) is 11.4 Å². The third-order valence-corrected chi connectivity index (χ3v) is 3.70. The SMILES string of the molecule is CCN(CC)C(=O)CN(C)Cc1nc(-c2ccc(C)cc2)no1. The standard InChI is InChI=1S/C17H24N4O2/c1-5-21(6-2)16(22)12-20(4)11-15-18-17(19-23-15)14-9-7-13(3)8-10-14/h7-10H,5-6,11-12H2,1-4H3. The molecule has 0 aliphatic heterocycles. The fourth-order valence-corrected chi connectivity index (χ4v) is 2.33. The molecule has 0 N–H and O–H groups in total. The molecule has 0 fully saturated rings. The van der Waals surface area contributed by atoms with Gasteiger partial charge >= 0.3 is 0 Å². The van der Waals surface area contributed by atoms with E-state index >= 15 is 0 Å². The third-order valence-electron chi connectivity index (χ3n) is 3.70. The van der Waals surface area contributed by atoms with Crippen molar-refractivity contribution in [2.45, 2.75) is 27.3 Å². The highest BCUT2D eigenvalue weighted by Gasteiger charge is 2.15. The molecule has 0 aliphatic rings. The number of amides is 1. The van der Waals surface area contributed by atoms with Crippen LogP contribution >= 0.6 is 0 Å². The largest absolute Gasteiger partial charge is 0.342 e. The van der Waals surface area contributed by atoms with Crippen molar-refractivity contribution in [1.29, 1.82) is 0 Å². The van der Waals surface area contributed by atoms with Gasteiger partial charge in [0.1, 0.15) is 0 Å². The summed E-state index contributed by atoms with van der Waals surface area (Å²) in [7, 11) is 1.87. The van der Waals surface area contributed by atoms with E-state index in [9.17, 15) is 4.79 Å². The topological polar surface area (TPSA) is 62.5 Å². The van der Waals surface area contributed by atoms with Crippen LogP contribution in [0.3, 0.4) is 0 Å². The Kier molecular flexibility index (Phi) is 5.87. The average Bonchev–Trinajstić information content (AvgIpc) is 2.97.